The second-order valence-corrected chi connectivity index (χ2v) is 3.37. The number of hydrogen-bond acceptors (Lipinski definition) is 2. The van der Waals surface area contributed by atoms with Crippen LogP contribution >= 0.6 is 0 Å². The van der Waals surface area contributed by atoms with Crippen molar-refractivity contribution in [2.24, 2.45) is 11.7 Å². The monoisotopic (exact) mass is 168 g/mol. The summed E-state index contributed by atoms with van der Waals surface area (Å²) in [5, 5.41) is 3.27. The Morgan fingerprint density at radius 2 is 2.08 bits per heavy atom. The van der Waals surface area contributed by atoms with Gasteiger partial charge in [0.25, 0.3) is 0 Å². The zero-order chi connectivity index (χ0) is 8.97. The highest BCUT2D eigenvalue weighted by molar-refractivity contribution is 5.91. The highest BCUT2D eigenvalue weighted by Gasteiger charge is 2.15. The van der Waals surface area contributed by atoms with Crippen LogP contribution in [0.25, 0.3) is 0 Å². The van der Waals surface area contributed by atoms with Gasteiger partial charge in [-0.3, -0.25) is 4.79 Å². The van der Waals surface area contributed by atoms with E-state index in [-0.39, 0.29) is 5.91 Å². The van der Waals surface area contributed by atoms with Crippen LogP contribution in [0.2, 0.25) is 0 Å². The summed E-state index contributed by atoms with van der Waals surface area (Å²) in [6.07, 6.45) is 3.04. The van der Waals surface area contributed by atoms with Crippen molar-refractivity contribution in [1.82, 2.24) is 5.32 Å². The zero-order valence-electron chi connectivity index (χ0n) is 7.31. The number of hydrogen-bond donors (Lipinski definition) is 2. The topological polar surface area (TPSA) is 55.1 Å². The zero-order valence-corrected chi connectivity index (χ0v) is 7.31. The molecule has 0 spiro atoms. The Morgan fingerprint density at radius 1 is 1.50 bits per heavy atom. The van der Waals surface area contributed by atoms with E-state index in [4.69, 9.17) is 5.73 Å². The number of carbonyl (C=O) groups excluding carboxylic acids is 1. The van der Waals surface area contributed by atoms with Gasteiger partial charge in [-0.1, -0.05) is 6.58 Å². The molecule has 1 fully saturated rings. The molecule has 1 aliphatic heterocycles. The number of nitrogens with two attached hydrogens (primary N) is 1. The molecule has 0 unspecified atom stereocenters. The predicted octanol–water partition coefficient (Wildman–Crippen LogP) is 0.418. The van der Waals surface area contributed by atoms with Gasteiger partial charge in [0.1, 0.15) is 0 Å². The van der Waals surface area contributed by atoms with E-state index in [1.54, 1.807) is 0 Å². The molecule has 1 rings (SSSR count). The molecule has 0 aromatic heterocycles. The molecule has 3 N–H and O–H groups in total. The number of primary amides is 1. The first-order valence-corrected chi connectivity index (χ1v) is 4.38. The molecule has 0 saturated carbocycles. The first kappa shape index (κ1) is 9.26. The summed E-state index contributed by atoms with van der Waals surface area (Å²) in [6.45, 7) is 5.76. The molecule has 0 radical (unpaired) electrons. The van der Waals surface area contributed by atoms with Crippen LogP contribution in [-0.4, -0.2) is 19.0 Å². The van der Waals surface area contributed by atoms with Crippen LogP contribution < -0.4 is 11.1 Å². The molecule has 0 bridgehead atoms. The van der Waals surface area contributed by atoms with Crippen molar-refractivity contribution in [2.75, 3.05) is 13.1 Å². The minimum Gasteiger partial charge on any atom is -0.366 e. The Hall–Kier alpha value is -0.830. The van der Waals surface area contributed by atoms with Gasteiger partial charge in [0, 0.05) is 5.57 Å². The van der Waals surface area contributed by atoms with Crippen molar-refractivity contribution in [1.29, 1.82) is 0 Å². The second kappa shape index (κ2) is 4.26. The lowest BCUT2D eigenvalue weighted by Gasteiger charge is -2.22. The molecule has 12 heavy (non-hydrogen) atoms. The van der Waals surface area contributed by atoms with Crippen LogP contribution in [0.15, 0.2) is 12.2 Å². The van der Waals surface area contributed by atoms with Gasteiger partial charge in [-0.2, -0.15) is 0 Å². The number of amides is 1. The Balaban J connectivity index is 2.29. The summed E-state index contributed by atoms with van der Waals surface area (Å²) in [4.78, 5) is 10.7. The van der Waals surface area contributed by atoms with Crippen LogP contribution in [0.5, 0.6) is 0 Å². The van der Waals surface area contributed by atoms with E-state index < -0.39 is 0 Å². The first-order chi connectivity index (χ1) is 5.70. The molecule has 1 heterocycles. The van der Waals surface area contributed by atoms with Gasteiger partial charge in [0.15, 0.2) is 0 Å². The SMILES string of the molecule is C=C(CC1CCNCC1)C(N)=O. The lowest BCUT2D eigenvalue weighted by atomic mass is 9.91. The van der Waals surface area contributed by atoms with Gasteiger partial charge < -0.3 is 11.1 Å². The van der Waals surface area contributed by atoms with E-state index in [0.717, 1.165) is 32.4 Å². The van der Waals surface area contributed by atoms with Crippen LogP contribution in [0.4, 0.5) is 0 Å². The predicted molar refractivity (Wildman–Crippen MR) is 48.5 cm³/mol. The summed E-state index contributed by atoms with van der Waals surface area (Å²) in [5.74, 6) is 0.250. The van der Waals surface area contributed by atoms with E-state index in [1.165, 1.54) is 0 Å². The molecule has 68 valence electrons. The van der Waals surface area contributed by atoms with Crippen LogP contribution in [0.1, 0.15) is 19.3 Å². The number of piperidine rings is 1. The highest BCUT2D eigenvalue weighted by atomic mass is 16.1. The van der Waals surface area contributed by atoms with E-state index in [0.29, 0.717) is 11.5 Å². The third kappa shape index (κ3) is 2.66. The average Bonchev–Trinajstić information content (AvgIpc) is 2.06. The lowest BCUT2D eigenvalue weighted by molar-refractivity contribution is -0.114. The van der Waals surface area contributed by atoms with Crippen molar-refractivity contribution >= 4 is 5.91 Å². The third-order valence-electron chi connectivity index (χ3n) is 2.34. The molecule has 3 heteroatoms. The van der Waals surface area contributed by atoms with Crippen molar-refractivity contribution in [3.05, 3.63) is 12.2 Å². The van der Waals surface area contributed by atoms with Crippen LogP contribution in [-0.2, 0) is 4.79 Å². The summed E-state index contributed by atoms with van der Waals surface area (Å²) >= 11 is 0. The molecule has 1 amide bonds. The summed E-state index contributed by atoms with van der Waals surface area (Å²) in [5.41, 5.74) is 5.67. The molecule has 3 nitrogen and oxygen atoms in total. The molecule has 0 aromatic rings. The molecule has 1 aliphatic rings. The molecule has 0 aromatic carbocycles. The van der Waals surface area contributed by atoms with E-state index in [2.05, 4.69) is 11.9 Å². The fourth-order valence-electron chi connectivity index (χ4n) is 1.53. The maximum atomic E-state index is 10.7. The Labute approximate surface area is 73.0 Å². The molecule has 0 aliphatic carbocycles. The minimum atomic E-state index is -0.353. The number of carbonyl (C=O) groups is 1. The largest absolute Gasteiger partial charge is 0.366 e. The van der Waals surface area contributed by atoms with Gasteiger partial charge in [-0.15, -0.1) is 0 Å². The van der Waals surface area contributed by atoms with Gasteiger partial charge in [0.05, 0.1) is 0 Å². The smallest absolute Gasteiger partial charge is 0.244 e. The minimum absolute atomic E-state index is 0.353. The third-order valence-corrected chi connectivity index (χ3v) is 2.34. The lowest BCUT2D eigenvalue weighted by Crippen LogP contribution is -2.28. The van der Waals surface area contributed by atoms with Crippen molar-refractivity contribution in [3.63, 3.8) is 0 Å². The molecule has 1 saturated heterocycles. The van der Waals surface area contributed by atoms with Crippen molar-refractivity contribution in [2.45, 2.75) is 19.3 Å². The Bertz CT molecular complexity index is 183. The molecular weight excluding hydrogens is 152 g/mol. The maximum absolute atomic E-state index is 10.7. The highest BCUT2D eigenvalue weighted by Crippen LogP contribution is 2.19. The van der Waals surface area contributed by atoms with Gasteiger partial charge in [-0.05, 0) is 38.3 Å². The quantitative estimate of drug-likeness (QED) is 0.600. The second-order valence-electron chi connectivity index (χ2n) is 3.37. The van der Waals surface area contributed by atoms with Gasteiger partial charge in [-0.25, -0.2) is 0 Å². The molecule has 0 atom stereocenters. The Kier molecular flexibility index (Phi) is 3.29. The van der Waals surface area contributed by atoms with E-state index in [1.807, 2.05) is 0 Å². The van der Waals surface area contributed by atoms with Gasteiger partial charge >= 0.3 is 0 Å². The van der Waals surface area contributed by atoms with E-state index in [9.17, 15) is 4.79 Å². The Morgan fingerprint density at radius 3 is 2.58 bits per heavy atom. The van der Waals surface area contributed by atoms with E-state index >= 15 is 0 Å². The number of nitrogens with one attached hydrogen (secondary N) is 1. The fourth-order valence-corrected chi connectivity index (χ4v) is 1.53. The number of rotatable bonds is 3. The van der Waals surface area contributed by atoms with Crippen LogP contribution in [0.3, 0.4) is 0 Å². The normalized spacial score (nSPS) is 19.0. The summed E-state index contributed by atoms with van der Waals surface area (Å²) in [6, 6.07) is 0. The maximum Gasteiger partial charge on any atom is 0.244 e. The summed E-state index contributed by atoms with van der Waals surface area (Å²) in [7, 11) is 0. The molecular formula is C9H16N2O. The fraction of sp³-hybridized carbons (Fsp3) is 0.667. The van der Waals surface area contributed by atoms with Crippen LogP contribution in [0, 0.1) is 5.92 Å². The first-order valence-electron chi connectivity index (χ1n) is 4.38. The van der Waals surface area contributed by atoms with Crippen molar-refractivity contribution in [3.8, 4) is 0 Å². The van der Waals surface area contributed by atoms with Gasteiger partial charge in [0.2, 0.25) is 5.91 Å². The summed E-state index contributed by atoms with van der Waals surface area (Å²) < 4.78 is 0. The van der Waals surface area contributed by atoms with Crippen molar-refractivity contribution < 1.29 is 4.79 Å². The standard InChI is InChI=1S/C9H16N2O/c1-7(9(10)12)6-8-2-4-11-5-3-8/h8,11H,1-6H2,(H2,10,12). The average molecular weight is 168 g/mol.